The first kappa shape index (κ1) is 18.3. The Morgan fingerprint density at radius 1 is 1.30 bits per heavy atom. The summed E-state index contributed by atoms with van der Waals surface area (Å²) in [6, 6.07) is 7.26. The average Bonchev–Trinajstić information content (AvgIpc) is 2.53. The Morgan fingerprint density at radius 3 is 2.61 bits per heavy atom. The van der Waals surface area contributed by atoms with E-state index in [9.17, 15) is 8.42 Å². The summed E-state index contributed by atoms with van der Waals surface area (Å²) in [6.45, 7) is 4.78. The van der Waals surface area contributed by atoms with Crippen LogP contribution in [-0.4, -0.2) is 45.2 Å². The van der Waals surface area contributed by atoms with Crippen LogP contribution in [0.4, 0.5) is 5.69 Å². The molecule has 1 saturated carbocycles. The zero-order valence-electron chi connectivity index (χ0n) is 14.8. The zero-order valence-corrected chi connectivity index (χ0v) is 15.6. The molecular formula is C18H30N2O2S. The van der Waals surface area contributed by atoms with Crippen molar-refractivity contribution in [2.45, 2.75) is 50.0 Å². The third-order valence-corrected chi connectivity index (χ3v) is 7.01. The molecule has 1 aromatic carbocycles. The lowest BCUT2D eigenvalue weighted by atomic mass is 9.75. The maximum absolute atomic E-state index is 12.3. The van der Waals surface area contributed by atoms with E-state index in [1.165, 1.54) is 12.8 Å². The lowest BCUT2D eigenvalue weighted by Crippen LogP contribution is -2.52. The fourth-order valence-corrected chi connectivity index (χ4v) is 4.73. The highest BCUT2D eigenvalue weighted by Gasteiger charge is 2.37. The Morgan fingerprint density at radius 2 is 2.00 bits per heavy atom. The molecule has 2 atom stereocenters. The standard InChI is InChI=1S/C18H30N2O2S/c1-5-23(21,22)17-11-7-6-10-16(17)19-14-18(20(3)4)12-8-9-15(2)13-18/h6-7,10-11,15,19H,5,8-9,12-14H2,1-4H3. The number of benzene rings is 1. The van der Waals surface area contributed by atoms with Gasteiger partial charge in [0.1, 0.15) is 0 Å². The number of hydrogen-bond donors (Lipinski definition) is 1. The predicted octanol–water partition coefficient (Wildman–Crippen LogP) is 3.40. The molecule has 0 aromatic heterocycles. The Kier molecular flexibility index (Phi) is 5.74. The Labute approximate surface area is 141 Å². The van der Waals surface area contributed by atoms with Gasteiger partial charge >= 0.3 is 0 Å². The highest BCUT2D eigenvalue weighted by molar-refractivity contribution is 7.91. The highest BCUT2D eigenvalue weighted by Crippen LogP contribution is 2.36. The maximum Gasteiger partial charge on any atom is 0.180 e. The van der Waals surface area contributed by atoms with Crippen LogP contribution in [0.1, 0.15) is 39.5 Å². The topological polar surface area (TPSA) is 49.4 Å². The molecule has 0 amide bonds. The highest BCUT2D eigenvalue weighted by atomic mass is 32.2. The van der Waals surface area contributed by atoms with Crippen molar-refractivity contribution in [2.75, 3.05) is 31.7 Å². The van der Waals surface area contributed by atoms with E-state index >= 15 is 0 Å². The van der Waals surface area contributed by atoms with Crippen LogP contribution in [0, 0.1) is 5.92 Å². The molecule has 2 unspecified atom stereocenters. The molecule has 2 rings (SSSR count). The maximum atomic E-state index is 12.3. The van der Waals surface area contributed by atoms with Gasteiger partial charge in [0.2, 0.25) is 0 Å². The second-order valence-corrected chi connectivity index (χ2v) is 9.32. The predicted molar refractivity (Wildman–Crippen MR) is 96.7 cm³/mol. The van der Waals surface area contributed by atoms with Crippen LogP contribution >= 0.6 is 0 Å². The van der Waals surface area contributed by atoms with Gasteiger partial charge in [-0.05, 0) is 45.0 Å². The van der Waals surface area contributed by atoms with E-state index in [0.717, 1.165) is 25.1 Å². The number of nitrogens with zero attached hydrogens (tertiary/aromatic N) is 1. The van der Waals surface area contributed by atoms with E-state index in [1.807, 2.05) is 12.1 Å². The molecule has 5 heteroatoms. The number of likely N-dealkylation sites (N-methyl/N-ethyl adjacent to an activating group) is 1. The SMILES string of the molecule is CCS(=O)(=O)c1ccccc1NCC1(N(C)C)CCCC(C)C1. The van der Waals surface area contributed by atoms with Gasteiger partial charge in [-0.1, -0.05) is 38.8 Å². The number of sulfone groups is 1. The smallest absolute Gasteiger partial charge is 0.180 e. The molecule has 0 radical (unpaired) electrons. The minimum Gasteiger partial charge on any atom is -0.382 e. The average molecular weight is 339 g/mol. The minimum atomic E-state index is -3.21. The Hall–Kier alpha value is -1.07. The summed E-state index contributed by atoms with van der Waals surface area (Å²) in [7, 11) is 1.06. The van der Waals surface area contributed by atoms with E-state index in [4.69, 9.17) is 0 Å². The van der Waals surface area contributed by atoms with Crippen molar-refractivity contribution in [3.8, 4) is 0 Å². The van der Waals surface area contributed by atoms with Crippen LogP contribution in [0.25, 0.3) is 0 Å². The van der Waals surface area contributed by atoms with Crippen molar-refractivity contribution < 1.29 is 8.42 Å². The molecule has 0 heterocycles. The summed E-state index contributed by atoms with van der Waals surface area (Å²) in [5.74, 6) is 0.837. The van der Waals surface area contributed by atoms with Crippen LogP contribution < -0.4 is 5.32 Å². The minimum absolute atomic E-state index is 0.0980. The van der Waals surface area contributed by atoms with Crippen LogP contribution in [0.15, 0.2) is 29.2 Å². The zero-order chi connectivity index (χ0) is 17.1. The molecule has 23 heavy (non-hydrogen) atoms. The van der Waals surface area contributed by atoms with Gasteiger partial charge in [0, 0.05) is 12.1 Å². The van der Waals surface area contributed by atoms with Gasteiger partial charge in [-0.15, -0.1) is 0 Å². The number of hydrogen-bond acceptors (Lipinski definition) is 4. The van der Waals surface area contributed by atoms with E-state index in [1.54, 1.807) is 19.1 Å². The van der Waals surface area contributed by atoms with Crippen molar-refractivity contribution >= 4 is 15.5 Å². The molecule has 0 aliphatic heterocycles. The van der Waals surface area contributed by atoms with Crippen molar-refractivity contribution in [3.05, 3.63) is 24.3 Å². The lowest BCUT2D eigenvalue weighted by Gasteiger charge is -2.45. The molecule has 1 fully saturated rings. The summed E-state index contributed by atoms with van der Waals surface area (Å²) in [5, 5.41) is 3.45. The second kappa shape index (κ2) is 7.22. The molecule has 0 spiro atoms. The van der Waals surface area contributed by atoms with Crippen LogP contribution in [0.3, 0.4) is 0 Å². The Balaban J connectivity index is 2.23. The fraction of sp³-hybridized carbons (Fsp3) is 0.667. The van der Waals surface area contributed by atoms with Crippen molar-refractivity contribution in [1.82, 2.24) is 4.90 Å². The molecule has 1 aliphatic carbocycles. The van der Waals surface area contributed by atoms with E-state index < -0.39 is 9.84 Å². The molecule has 0 saturated heterocycles. The molecule has 1 N–H and O–H groups in total. The van der Waals surface area contributed by atoms with Gasteiger partial charge in [-0.25, -0.2) is 8.42 Å². The lowest BCUT2D eigenvalue weighted by molar-refractivity contribution is 0.0882. The molecule has 1 aromatic rings. The van der Waals surface area contributed by atoms with Crippen molar-refractivity contribution in [3.63, 3.8) is 0 Å². The summed E-state index contributed by atoms with van der Waals surface area (Å²) in [4.78, 5) is 2.73. The fourth-order valence-electron chi connectivity index (χ4n) is 3.66. The van der Waals surface area contributed by atoms with E-state index in [2.05, 4.69) is 31.2 Å². The quantitative estimate of drug-likeness (QED) is 0.863. The van der Waals surface area contributed by atoms with Gasteiger partial charge in [0.05, 0.1) is 16.3 Å². The third-order valence-electron chi connectivity index (χ3n) is 5.23. The van der Waals surface area contributed by atoms with Crippen molar-refractivity contribution in [1.29, 1.82) is 0 Å². The first-order valence-corrected chi connectivity index (χ1v) is 10.2. The second-order valence-electron chi connectivity index (χ2n) is 7.07. The van der Waals surface area contributed by atoms with Gasteiger partial charge < -0.3 is 10.2 Å². The first-order chi connectivity index (χ1) is 10.8. The summed E-state index contributed by atoms with van der Waals surface area (Å²) in [5.41, 5.74) is 0.828. The number of para-hydroxylation sites is 1. The monoisotopic (exact) mass is 338 g/mol. The number of nitrogens with one attached hydrogen (secondary N) is 1. The van der Waals surface area contributed by atoms with E-state index in [0.29, 0.717) is 10.8 Å². The largest absolute Gasteiger partial charge is 0.382 e. The Bertz CT molecular complexity index is 628. The van der Waals surface area contributed by atoms with Gasteiger partial charge in [0.25, 0.3) is 0 Å². The van der Waals surface area contributed by atoms with Crippen LogP contribution in [0.2, 0.25) is 0 Å². The molecule has 4 nitrogen and oxygen atoms in total. The van der Waals surface area contributed by atoms with Crippen molar-refractivity contribution in [2.24, 2.45) is 5.92 Å². The molecular weight excluding hydrogens is 308 g/mol. The van der Waals surface area contributed by atoms with Crippen LogP contribution in [-0.2, 0) is 9.84 Å². The summed E-state index contributed by atoms with van der Waals surface area (Å²) in [6.07, 6.45) is 4.82. The van der Waals surface area contributed by atoms with Gasteiger partial charge in [-0.2, -0.15) is 0 Å². The third kappa shape index (κ3) is 4.07. The van der Waals surface area contributed by atoms with Gasteiger partial charge in [-0.3, -0.25) is 0 Å². The van der Waals surface area contributed by atoms with E-state index in [-0.39, 0.29) is 11.3 Å². The van der Waals surface area contributed by atoms with Gasteiger partial charge in [0.15, 0.2) is 9.84 Å². The molecule has 1 aliphatic rings. The number of anilines is 1. The summed E-state index contributed by atoms with van der Waals surface area (Å²) < 4.78 is 24.6. The normalized spacial score (nSPS) is 25.5. The number of rotatable bonds is 6. The summed E-state index contributed by atoms with van der Waals surface area (Å²) >= 11 is 0. The molecule has 130 valence electrons. The van der Waals surface area contributed by atoms with Crippen LogP contribution in [0.5, 0.6) is 0 Å². The first-order valence-electron chi connectivity index (χ1n) is 8.54. The molecule has 0 bridgehead atoms.